The molecule has 1 fully saturated rings. The van der Waals surface area contributed by atoms with Crippen LogP contribution in [0, 0.1) is 0 Å². The lowest BCUT2D eigenvalue weighted by Crippen LogP contribution is -2.45. The van der Waals surface area contributed by atoms with E-state index in [1.807, 2.05) is 0 Å². The molecular formula is C14H26N4O. The summed E-state index contributed by atoms with van der Waals surface area (Å²) in [5, 5.41) is 7.55. The van der Waals surface area contributed by atoms with Crippen molar-refractivity contribution >= 4 is 0 Å². The van der Waals surface area contributed by atoms with Crippen molar-refractivity contribution in [3.63, 3.8) is 0 Å². The van der Waals surface area contributed by atoms with Gasteiger partial charge >= 0.3 is 0 Å². The molecular weight excluding hydrogens is 240 g/mol. The van der Waals surface area contributed by atoms with Crippen LogP contribution < -0.4 is 5.32 Å². The smallest absolute Gasteiger partial charge is 0.229 e. The number of rotatable bonds is 6. The van der Waals surface area contributed by atoms with Crippen LogP contribution in [0.15, 0.2) is 4.52 Å². The van der Waals surface area contributed by atoms with Gasteiger partial charge in [-0.3, -0.25) is 4.90 Å². The Morgan fingerprint density at radius 1 is 1.42 bits per heavy atom. The van der Waals surface area contributed by atoms with E-state index in [4.69, 9.17) is 4.52 Å². The normalized spacial score (nSPS) is 21.2. The van der Waals surface area contributed by atoms with Gasteiger partial charge in [0.05, 0.1) is 6.54 Å². The predicted octanol–water partition coefficient (Wildman–Crippen LogP) is 2.16. The van der Waals surface area contributed by atoms with E-state index in [1.54, 1.807) is 0 Å². The minimum atomic E-state index is 0.306. The highest BCUT2D eigenvalue weighted by Gasteiger charge is 2.23. The molecule has 1 saturated heterocycles. The Labute approximate surface area is 115 Å². The van der Waals surface area contributed by atoms with Crippen molar-refractivity contribution < 1.29 is 4.52 Å². The van der Waals surface area contributed by atoms with Gasteiger partial charge in [0, 0.05) is 18.5 Å². The third-order valence-corrected chi connectivity index (χ3v) is 3.70. The van der Waals surface area contributed by atoms with Crippen molar-refractivity contribution in [2.45, 2.75) is 58.5 Å². The van der Waals surface area contributed by atoms with Crippen LogP contribution in [0.5, 0.6) is 0 Å². The summed E-state index contributed by atoms with van der Waals surface area (Å²) in [6, 6.07) is 0.606. The lowest BCUT2D eigenvalue weighted by molar-refractivity contribution is 0.133. The van der Waals surface area contributed by atoms with E-state index in [2.05, 4.69) is 41.1 Å². The molecule has 1 atom stereocenters. The first-order valence-corrected chi connectivity index (χ1v) is 7.48. The van der Waals surface area contributed by atoms with Crippen molar-refractivity contribution in [3.8, 4) is 0 Å². The van der Waals surface area contributed by atoms with E-state index in [0.717, 1.165) is 37.9 Å². The summed E-state index contributed by atoms with van der Waals surface area (Å²) in [4.78, 5) is 6.97. The SMILES string of the molecule is CCNCC1CCCCN1Cc1noc(C(C)C)n1. The van der Waals surface area contributed by atoms with Gasteiger partial charge in [-0.15, -0.1) is 0 Å². The summed E-state index contributed by atoms with van der Waals surface area (Å²) in [6.07, 6.45) is 3.87. The number of likely N-dealkylation sites (N-methyl/N-ethyl adjacent to an activating group) is 1. The summed E-state index contributed by atoms with van der Waals surface area (Å²) in [5.41, 5.74) is 0. The van der Waals surface area contributed by atoms with E-state index >= 15 is 0 Å². The zero-order chi connectivity index (χ0) is 13.7. The Kier molecular flexibility index (Phi) is 5.34. The Morgan fingerprint density at radius 2 is 2.26 bits per heavy atom. The maximum absolute atomic E-state index is 5.28. The largest absolute Gasteiger partial charge is 0.339 e. The highest BCUT2D eigenvalue weighted by Crippen LogP contribution is 2.19. The second kappa shape index (κ2) is 7.01. The molecule has 108 valence electrons. The first kappa shape index (κ1) is 14.5. The number of nitrogens with zero attached hydrogens (tertiary/aromatic N) is 3. The number of aromatic nitrogens is 2. The summed E-state index contributed by atoms with van der Waals surface area (Å²) in [5.74, 6) is 1.88. The van der Waals surface area contributed by atoms with Crippen LogP contribution in [0.25, 0.3) is 0 Å². The monoisotopic (exact) mass is 266 g/mol. The van der Waals surface area contributed by atoms with Crippen LogP contribution >= 0.6 is 0 Å². The van der Waals surface area contributed by atoms with Crippen LogP contribution in [0.2, 0.25) is 0 Å². The maximum Gasteiger partial charge on any atom is 0.229 e. The highest BCUT2D eigenvalue weighted by atomic mass is 16.5. The molecule has 1 aliphatic rings. The molecule has 1 unspecified atom stereocenters. The summed E-state index contributed by atoms with van der Waals surface area (Å²) in [6.45, 7) is 10.4. The van der Waals surface area contributed by atoms with Crippen molar-refractivity contribution in [1.82, 2.24) is 20.4 Å². The van der Waals surface area contributed by atoms with E-state index in [1.165, 1.54) is 19.3 Å². The molecule has 0 amide bonds. The van der Waals surface area contributed by atoms with E-state index < -0.39 is 0 Å². The standard InChI is InChI=1S/C14H26N4O/c1-4-15-9-12-7-5-6-8-18(12)10-13-16-14(11(2)3)19-17-13/h11-12,15H,4-10H2,1-3H3. The van der Waals surface area contributed by atoms with E-state index in [-0.39, 0.29) is 0 Å². The molecule has 1 aromatic rings. The van der Waals surface area contributed by atoms with Crippen molar-refractivity contribution in [2.75, 3.05) is 19.6 Å². The molecule has 0 radical (unpaired) electrons. The molecule has 1 N–H and O–H groups in total. The zero-order valence-corrected chi connectivity index (χ0v) is 12.4. The second-order valence-corrected chi connectivity index (χ2v) is 5.63. The van der Waals surface area contributed by atoms with Crippen molar-refractivity contribution in [3.05, 3.63) is 11.7 Å². The molecule has 5 nitrogen and oxygen atoms in total. The van der Waals surface area contributed by atoms with Crippen LogP contribution in [-0.2, 0) is 6.54 Å². The lowest BCUT2D eigenvalue weighted by atomic mass is 10.0. The molecule has 0 aliphatic carbocycles. The molecule has 19 heavy (non-hydrogen) atoms. The second-order valence-electron chi connectivity index (χ2n) is 5.63. The van der Waals surface area contributed by atoms with Crippen molar-refractivity contribution in [1.29, 1.82) is 0 Å². The number of hydrogen-bond donors (Lipinski definition) is 1. The first-order chi connectivity index (χ1) is 9.20. The quantitative estimate of drug-likeness (QED) is 0.855. The molecule has 1 aliphatic heterocycles. The fourth-order valence-corrected chi connectivity index (χ4v) is 2.56. The highest BCUT2D eigenvalue weighted by molar-refractivity contribution is 4.92. The van der Waals surface area contributed by atoms with Gasteiger partial charge in [0.25, 0.3) is 0 Å². The predicted molar refractivity (Wildman–Crippen MR) is 75.0 cm³/mol. The third kappa shape index (κ3) is 4.01. The average Bonchev–Trinajstić information content (AvgIpc) is 2.86. The Bertz CT molecular complexity index is 377. The first-order valence-electron chi connectivity index (χ1n) is 7.48. The molecule has 0 spiro atoms. The summed E-state index contributed by atoms with van der Waals surface area (Å²) < 4.78 is 5.28. The fraction of sp³-hybridized carbons (Fsp3) is 0.857. The molecule has 2 heterocycles. The number of piperidine rings is 1. The molecule has 1 aromatic heterocycles. The lowest BCUT2D eigenvalue weighted by Gasteiger charge is -2.34. The van der Waals surface area contributed by atoms with Gasteiger partial charge in [0.1, 0.15) is 0 Å². The van der Waals surface area contributed by atoms with Gasteiger partial charge < -0.3 is 9.84 Å². The van der Waals surface area contributed by atoms with Gasteiger partial charge in [-0.2, -0.15) is 4.98 Å². The summed E-state index contributed by atoms with van der Waals surface area (Å²) in [7, 11) is 0. The minimum Gasteiger partial charge on any atom is -0.339 e. The zero-order valence-electron chi connectivity index (χ0n) is 12.4. The van der Waals surface area contributed by atoms with Gasteiger partial charge in [0.15, 0.2) is 5.82 Å². The summed E-state index contributed by atoms with van der Waals surface area (Å²) >= 11 is 0. The number of likely N-dealkylation sites (tertiary alicyclic amines) is 1. The van der Waals surface area contributed by atoms with Gasteiger partial charge in [-0.1, -0.05) is 32.3 Å². The van der Waals surface area contributed by atoms with Gasteiger partial charge in [-0.25, -0.2) is 0 Å². The maximum atomic E-state index is 5.28. The van der Waals surface area contributed by atoms with Crippen LogP contribution in [0.1, 0.15) is 57.7 Å². The number of hydrogen-bond acceptors (Lipinski definition) is 5. The van der Waals surface area contributed by atoms with E-state index in [0.29, 0.717) is 12.0 Å². The Morgan fingerprint density at radius 3 is 2.95 bits per heavy atom. The molecule has 5 heteroatoms. The topological polar surface area (TPSA) is 54.2 Å². The third-order valence-electron chi connectivity index (χ3n) is 3.70. The van der Waals surface area contributed by atoms with E-state index in [9.17, 15) is 0 Å². The van der Waals surface area contributed by atoms with Crippen LogP contribution in [0.4, 0.5) is 0 Å². The van der Waals surface area contributed by atoms with Gasteiger partial charge in [-0.05, 0) is 25.9 Å². The Hall–Kier alpha value is -0.940. The molecule has 0 bridgehead atoms. The molecule has 0 saturated carbocycles. The Balaban J connectivity index is 1.94. The van der Waals surface area contributed by atoms with Crippen LogP contribution in [0.3, 0.4) is 0 Å². The fourth-order valence-electron chi connectivity index (χ4n) is 2.56. The van der Waals surface area contributed by atoms with Gasteiger partial charge in [0.2, 0.25) is 5.89 Å². The van der Waals surface area contributed by atoms with Crippen LogP contribution in [-0.4, -0.2) is 40.7 Å². The molecule has 2 rings (SSSR count). The molecule has 0 aromatic carbocycles. The minimum absolute atomic E-state index is 0.306. The average molecular weight is 266 g/mol. The van der Waals surface area contributed by atoms with Crippen molar-refractivity contribution in [2.24, 2.45) is 0 Å². The number of nitrogens with one attached hydrogen (secondary N) is 1.